The summed E-state index contributed by atoms with van der Waals surface area (Å²) in [4.78, 5) is 11.3. The summed E-state index contributed by atoms with van der Waals surface area (Å²) < 4.78 is 47.4. The molecule has 6 rings (SSSR count). The van der Waals surface area contributed by atoms with Crippen LogP contribution in [0, 0.1) is 36.2 Å². The van der Waals surface area contributed by atoms with E-state index in [0.29, 0.717) is 29.0 Å². The third-order valence-corrected chi connectivity index (χ3v) is 7.38. The largest absolute Gasteiger partial charge is 0.388 e. The molecule has 1 saturated heterocycles. The summed E-state index contributed by atoms with van der Waals surface area (Å²) in [6.07, 6.45) is 3.83. The van der Waals surface area contributed by atoms with Crippen molar-refractivity contribution in [2.75, 3.05) is 18.0 Å². The Kier molecular flexibility index (Phi) is 4.75. The molecule has 2 bridgehead atoms. The van der Waals surface area contributed by atoms with Crippen LogP contribution in [0.4, 0.5) is 24.3 Å². The number of piperidine rings is 1. The molecule has 1 aromatic carbocycles. The smallest absolute Gasteiger partial charge is 0.205 e. The van der Waals surface area contributed by atoms with Gasteiger partial charge in [-0.1, -0.05) is 6.07 Å². The summed E-state index contributed by atoms with van der Waals surface area (Å²) in [5, 5.41) is 10.3. The van der Waals surface area contributed by atoms with E-state index in [-0.39, 0.29) is 11.6 Å². The third kappa shape index (κ3) is 3.41. The number of fused-ring (bicyclic) bond motifs is 3. The lowest BCUT2D eigenvalue weighted by atomic mass is 9.92. The van der Waals surface area contributed by atoms with Gasteiger partial charge in [0.15, 0.2) is 17.5 Å². The number of nitrogens with zero attached hydrogens (tertiary/aromatic N) is 7. The second kappa shape index (κ2) is 7.68. The van der Waals surface area contributed by atoms with E-state index in [1.165, 1.54) is 22.1 Å². The second-order valence-electron chi connectivity index (χ2n) is 8.57. The zero-order valence-corrected chi connectivity index (χ0v) is 18.4. The monoisotopic (exact) mass is 470 g/mol. The maximum Gasteiger partial charge on any atom is 0.205 e. The molecule has 170 valence electrons. The fourth-order valence-corrected chi connectivity index (χ4v) is 5.69. The molecule has 2 fully saturated rings. The van der Waals surface area contributed by atoms with Gasteiger partial charge < -0.3 is 15.2 Å². The van der Waals surface area contributed by atoms with Crippen LogP contribution in [-0.4, -0.2) is 43.1 Å². The van der Waals surface area contributed by atoms with Crippen molar-refractivity contribution in [2.45, 2.75) is 25.8 Å². The van der Waals surface area contributed by atoms with Crippen LogP contribution in [0.5, 0.6) is 0 Å². The van der Waals surface area contributed by atoms with Gasteiger partial charge in [0.2, 0.25) is 5.13 Å². The number of hydrogen-bond donors (Lipinski definition) is 0. The highest BCUT2D eigenvalue weighted by atomic mass is 32.1. The Morgan fingerprint density at radius 3 is 2.52 bits per heavy atom. The lowest BCUT2D eigenvalue weighted by Crippen LogP contribution is -2.44. The van der Waals surface area contributed by atoms with Crippen molar-refractivity contribution in [3.63, 3.8) is 0 Å². The van der Waals surface area contributed by atoms with Gasteiger partial charge in [-0.2, -0.15) is 4.37 Å². The van der Waals surface area contributed by atoms with E-state index in [1.54, 1.807) is 18.3 Å². The van der Waals surface area contributed by atoms with Crippen LogP contribution >= 0.6 is 11.5 Å². The summed E-state index contributed by atoms with van der Waals surface area (Å²) in [6.45, 7) is 3.61. The fraction of sp³-hybridized carbons (Fsp3) is 0.364. The highest BCUT2D eigenvalue weighted by molar-refractivity contribution is 7.09. The first kappa shape index (κ1) is 20.4. The first-order valence-corrected chi connectivity index (χ1v) is 11.5. The average Bonchev–Trinajstić information content (AvgIpc) is 3.48. The van der Waals surface area contributed by atoms with E-state index in [1.807, 2.05) is 6.92 Å². The van der Waals surface area contributed by atoms with Gasteiger partial charge in [0.25, 0.3) is 0 Å². The van der Waals surface area contributed by atoms with Crippen molar-refractivity contribution in [3.8, 4) is 11.1 Å². The van der Waals surface area contributed by atoms with E-state index in [4.69, 9.17) is 5.32 Å². The number of aryl methyl sites for hydroxylation is 1. The number of rotatable bonds is 4. The fourth-order valence-electron chi connectivity index (χ4n) is 5.00. The number of pyridine rings is 1. The molecule has 1 saturated carbocycles. The minimum absolute atomic E-state index is 0.0702. The van der Waals surface area contributed by atoms with Crippen LogP contribution in [0.2, 0.25) is 0 Å². The Balaban J connectivity index is 1.28. The van der Waals surface area contributed by atoms with Crippen molar-refractivity contribution < 1.29 is 13.2 Å². The van der Waals surface area contributed by atoms with Crippen molar-refractivity contribution in [2.24, 2.45) is 11.8 Å². The van der Waals surface area contributed by atoms with Crippen LogP contribution in [-0.2, 0) is 0 Å². The van der Waals surface area contributed by atoms with Gasteiger partial charge >= 0.3 is 0 Å². The minimum Gasteiger partial charge on any atom is -0.388 e. The van der Waals surface area contributed by atoms with Gasteiger partial charge in [0.1, 0.15) is 5.82 Å². The van der Waals surface area contributed by atoms with Gasteiger partial charge in [-0.15, -0.1) is 0 Å². The quantitative estimate of drug-likeness (QED) is 0.397. The van der Waals surface area contributed by atoms with Gasteiger partial charge in [-0.3, -0.25) is 9.61 Å². The van der Waals surface area contributed by atoms with Crippen LogP contribution < -0.4 is 4.90 Å². The molecule has 0 N–H and O–H groups in total. The Hall–Kier alpha value is -3.21. The SMILES string of the molecule is Cc1nsc(N2C[C@H]3CC[C@@H](C2)C3[N-]c2nc3c(-c4ccc(F)c(F)c4F)cccn3n2)n1. The van der Waals surface area contributed by atoms with Crippen molar-refractivity contribution in [3.05, 3.63) is 59.1 Å². The Bertz CT molecular complexity index is 1340. The van der Waals surface area contributed by atoms with E-state index in [0.717, 1.165) is 43.0 Å². The molecule has 4 aromatic rings. The number of anilines is 1. The molecule has 1 unspecified atom stereocenters. The highest BCUT2D eigenvalue weighted by Crippen LogP contribution is 2.44. The Morgan fingerprint density at radius 2 is 1.79 bits per heavy atom. The van der Waals surface area contributed by atoms with Gasteiger partial charge in [0, 0.05) is 53.9 Å². The molecule has 33 heavy (non-hydrogen) atoms. The molecule has 3 atom stereocenters. The molecule has 2 aliphatic rings. The highest BCUT2D eigenvalue weighted by Gasteiger charge is 2.41. The zero-order chi connectivity index (χ0) is 22.7. The van der Waals surface area contributed by atoms with E-state index >= 15 is 0 Å². The van der Waals surface area contributed by atoms with Crippen LogP contribution in [0.1, 0.15) is 18.7 Å². The average molecular weight is 471 g/mol. The Labute approximate surface area is 191 Å². The second-order valence-corrected chi connectivity index (χ2v) is 9.30. The number of hydrogen-bond acceptors (Lipinski definition) is 6. The first-order chi connectivity index (χ1) is 16.0. The van der Waals surface area contributed by atoms with Crippen LogP contribution in [0.25, 0.3) is 22.1 Å². The molecule has 1 aliphatic carbocycles. The number of aromatic nitrogens is 5. The van der Waals surface area contributed by atoms with Crippen molar-refractivity contribution >= 4 is 28.3 Å². The lowest BCUT2D eigenvalue weighted by Gasteiger charge is -2.39. The first-order valence-electron chi connectivity index (χ1n) is 10.7. The summed E-state index contributed by atoms with van der Waals surface area (Å²) >= 11 is 1.42. The predicted octanol–water partition coefficient (Wildman–Crippen LogP) is 4.89. The lowest BCUT2D eigenvalue weighted by molar-refractivity contribution is 0.389. The molecule has 3 aromatic heterocycles. The van der Waals surface area contributed by atoms with Gasteiger partial charge in [-0.25, -0.2) is 18.2 Å². The van der Waals surface area contributed by atoms with E-state index in [2.05, 4.69) is 24.3 Å². The summed E-state index contributed by atoms with van der Waals surface area (Å²) in [5.74, 6) is -2.16. The van der Waals surface area contributed by atoms with Crippen molar-refractivity contribution in [1.82, 2.24) is 24.0 Å². The van der Waals surface area contributed by atoms with E-state index < -0.39 is 17.5 Å². The molecule has 11 heteroatoms. The summed E-state index contributed by atoms with van der Waals surface area (Å²) in [5.41, 5.74) is 0.599. The third-order valence-electron chi connectivity index (χ3n) is 6.51. The molecule has 1 aliphatic heterocycles. The molecule has 7 nitrogen and oxygen atoms in total. The zero-order valence-electron chi connectivity index (χ0n) is 17.6. The standard InChI is InChI=1S/C22H19F3N7S/c1-11-26-22(33-30-11)31-9-12-4-5-13(10-31)19(12)27-21-28-20-15(3-2-8-32(20)29-21)14-6-7-16(23)18(25)17(14)24/h2-3,6-8,12-13,19H,4-5,9-10H2,1H3/q-1/t12-,13+,19?. The number of halogens is 3. The number of benzene rings is 1. The van der Waals surface area contributed by atoms with Crippen molar-refractivity contribution in [1.29, 1.82) is 0 Å². The minimum atomic E-state index is -1.51. The normalized spacial score (nSPS) is 22.3. The summed E-state index contributed by atoms with van der Waals surface area (Å²) in [6, 6.07) is 5.48. The Morgan fingerprint density at radius 1 is 1.00 bits per heavy atom. The van der Waals surface area contributed by atoms with E-state index in [9.17, 15) is 13.2 Å². The predicted molar refractivity (Wildman–Crippen MR) is 118 cm³/mol. The van der Waals surface area contributed by atoms with Gasteiger partial charge in [0.05, 0.1) is 5.65 Å². The molecular formula is C22H19F3N7S-. The molecule has 0 radical (unpaired) electrons. The maximum atomic E-state index is 14.4. The van der Waals surface area contributed by atoms with Crippen LogP contribution in [0.3, 0.4) is 0 Å². The van der Waals surface area contributed by atoms with Crippen LogP contribution in [0.15, 0.2) is 30.5 Å². The molecule has 0 amide bonds. The maximum absolute atomic E-state index is 14.4. The molecule has 0 spiro atoms. The van der Waals surface area contributed by atoms with Gasteiger partial charge in [-0.05, 0) is 49.8 Å². The topological polar surface area (TPSA) is 73.3 Å². The molecular weight excluding hydrogens is 451 g/mol. The molecule has 4 heterocycles. The summed E-state index contributed by atoms with van der Waals surface area (Å²) in [7, 11) is 0.